The SMILES string of the molecule is CCCCCCCCCCCCCCCCCCCCCCCC(=O)O[C@H](COC(=O)CCCCCCCCCCCCCCCCCC(C)C)COP(=O)(O)OC[C@@H](O)COP(=O)(O)OC[C@@H](COC(=O)CCCCCCCCCCC)OC(=O)CCCCCCCCCCCCCCC(C)C. The highest BCUT2D eigenvalue weighted by molar-refractivity contribution is 7.47. The summed E-state index contributed by atoms with van der Waals surface area (Å²) < 4.78 is 68.8. The summed E-state index contributed by atoms with van der Waals surface area (Å²) in [5.41, 5.74) is 0. The predicted octanol–water partition coefficient (Wildman–Crippen LogP) is 25.5. The van der Waals surface area contributed by atoms with E-state index in [1.54, 1.807) is 0 Å². The van der Waals surface area contributed by atoms with Crippen molar-refractivity contribution in [1.29, 1.82) is 0 Å². The zero-order valence-corrected chi connectivity index (χ0v) is 69.4. The summed E-state index contributed by atoms with van der Waals surface area (Å²) in [6, 6.07) is 0. The van der Waals surface area contributed by atoms with Gasteiger partial charge in [0.05, 0.1) is 26.4 Å². The Hall–Kier alpha value is -1.94. The maximum Gasteiger partial charge on any atom is 0.472 e. The molecule has 0 aliphatic rings. The zero-order chi connectivity index (χ0) is 75.6. The topological polar surface area (TPSA) is 237 Å². The Morgan fingerprint density at radius 1 is 0.262 bits per heavy atom. The monoisotopic (exact) mass is 1510 g/mol. The van der Waals surface area contributed by atoms with Crippen molar-refractivity contribution >= 4 is 39.5 Å². The van der Waals surface area contributed by atoms with Crippen molar-refractivity contribution in [3.63, 3.8) is 0 Å². The standard InChI is InChI=1S/C84H164O17P2/c1-7-9-11-13-15-17-18-19-20-21-22-23-24-25-28-32-38-44-50-56-62-68-83(88)101-80(73-95-82(87)67-61-55-49-43-37-31-29-26-27-30-35-41-46-52-58-64-76(3)4)75-99-103(92,93)97-71-78(85)70-96-102(90,91)98-74-79(72-94-81(86)66-60-54-48-40-16-14-12-10-8-2)100-84(89)69-63-57-51-45-39-34-33-36-42-47-53-59-65-77(5)6/h76-80,85H,7-75H2,1-6H3,(H,90,91)(H,92,93)/t78-,79+,80+/m0/s1. The molecule has 0 aliphatic heterocycles. The van der Waals surface area contributed by atoms with Crippen LogP contribution in [0.2, 0.25) is 0 Å². The Kier molecular flexibility index (Phi) is 74.1. The van der Waals surface area contributed by atoms with E-state index >= 15 is 0 Å². The van der Waals surface area contributed by atoms with Gasteiger partial charge in [0.2, 0.25) is 0 Å². The molecule has 3 N–H and O–H groups in total. The van der Waals surface area contributed by atoms with E-state index < -0.39 is 97.5 Å². The van der Waals surface area contributed by atoms with Gasteiger partial charge in [-0.05, 0) is 37.5 Å². The fourth-order valence-electron chi connectivity index (χ4n) is 13.1. The number of aliphatic hydroxyl groups is 1. The van der Waals surface area contributed by atoms with Crippen LogP contribution in [-0.4, -0.2) is 96.7 Å². The zero-order valence-electron chi connectivity index (χ0n) is 67.6. The largest absolute Gasteiger partial charge is 0.472 e. The second-order valence-corrected chi connectivity index (χ2v) is 34.1. The van der Waals surface area contributed by atoms with Gasteiger partial charge in [0, 0.05) is 25.7 Å². The molecule has 103 heavy (non-hydrogen) atoms. The smallest absolute Gasteiger partial charge is 0.462 e. The van der Waals surface area contributed by atoms with Crippen LogP contribution < -0.4 is 0 Å². The third-order valence-corrected chi connectivity index (χ3v) is 21.6. The van der Waals surface area contributed by atoms with E-state index in [4.69, 9.17) is 37.0 Å². The second-order valence-electron chi connectivity index (χ2n) is 31.2. The molecular weight excluding hydrogens is 1340 g/mol. The molecule has 0 amide bonds. The Morgan fingerprint density at radius 3 is 0.660 bits per heavy atom. The lowest BCUT2D eigenvalue weighted by molar-refractivity contribution is -0.161. The fourth-order valence-corrected chi connectivity index (χ4v) is 14.6. The van der Waals surface area contributed by atoms with Gasteiger partial charge in [-0.1, -0.05) is 395 Å². The predicted molar refractivity (Wildman–Crippen MR) is 423 cm³/mol. The summed E-state index contributed by atoms with van der Waals surface area (Å²) in [5.74, 6) is -0.523. The normalized spacial score (nSPS) is 13.9. The van der Waals surface area contributed by atoms with E-state index in [0.29, 0.717) is 25.7 Å². The summed E-state index contributed by atoms with van der Waals surface area (Å²) >= 11 is 0. The number of hydrogen-bond acceptors (Lipinski definition) is 15. The van der Waals surface area contributed by atoms with Gasteiger partial charge in [-0.2, -0.15) is 0 Å². The van der Waals surface area contributed by atoms with Crippen LogP contribution in [0.15, 0.2) is 0 Å². The third-order valence-electron chi connectivity index (χ3n) is 19.7. The molecule has 0 aliphatic carbocycles. The van der Waals surface area contributed by atoms with Crippen LogP contribution >= 0.6 is 15.6 Å². The van der Waals surface area contributed by atoms with E-state index in [1.807, 2.05) is 0 Å². The first kappa shape index (κ1) is 101. The highest BCUT2D eigenvalue weighted by Gasteiger charge is 2.30. The lowest BCUT2D eigenvalue weighted by atomic mass is 10.0. The number of rotatable bonds is 83. The van der Waals surface area contributed by atoms with Crippen molar-refractivity contribution < 1.29 is 80.2 Å². The lowest BCUT2D eigenvalue weighted by Crippen LogP contribution is -2.30. The quantitative estimate of drug-likeness (QED) is 0.0222. The summed E-state index contributed by atoms with van der Waals surface area (Å²) in [7, 11) is -9.92. The lowest BCUT2D eigenvalue weighted by Gasteiger charge is -2.21. The Bertz CT molecular complexity index is 1980. The summed E-state index contributed by atoms with van der Waals surface area (Å²) in [4.78, 5) is 73.1. The number of aliphatic hydroxyl groups excluding tert-OH is 1. The molecule has 0 spiro atoms. The molecule has 0 aromatic rings. The minimum absolute atomic E-state index is 0.107. The van der Waals surface area contributed by atoms with Crippen LogP contribution in [0.4, 0.5) is 0 Å². The van der Waals surface area contributed by atoms with Crippen LogP contribution in [0.25, 0.3) is 0 Å². The van der Waals surface area contributed by atoms with Gasteiger partial charge in [0.25, 0.3) is 0 Å². The number of esters is 4. The number of carbonyl (C=O) groups is 4. The van der Waals surface area contributed by atoms with Crippen LogP contribution in [-0.2, 0) is 65.4 Å². The van der Waals surface area contributed by atoms with Crippen molar-refractivity contribution in [1.82, 2.24) is 0 Å². The molecule has 0 heterocycles. The molecule has 612 valence electrons. The summed E-state index contributed by atoms with van der Waals surface area (Å²) in [5, 5.41) is 10.7. The van der Waals surface area contributed by atoms with Crippen molar-refractivity contribution in [3.8, 4) is 0 Å². The summed E-state index contributed by atoms with van der Waals surface area (Å²) in [6.07, 6.45) is 66.7. The van der Waals surface area contributed by atoms with Crippen molar-refractivity contribution in [2.75, 3.05) is 39.6 Å². The summed E-state index contributed by atoms with van der Waals surface area (Å²) in [6.45, 7) is 9.67. The van der Waals surface area contributed by atoms with Crippen LogP contribution in [0.5, 0.6) is 0 Å². The van der Waals surface area contributed by atoms with E-state index in [2.05, 4.69) is 41.5 Å². The first-order valence-corrected chi connectivity index (χ1v) is 46.5. The van der Waals surface area contributed by atoms with Gasteiger partial charge >= 0.3 is 39.5 Å². The Morgan fingerprint density at radius 2 is 0.447 bits per heavy atom. The molecule has 0 aromatic carbocycles. The molecule has 0 fully saturated rings. The Balaban J connectivity index is 5.21. The maximum atomic E-state index is 13.1. The van der Waals surface area contributed by atoms with Gasteiger partial charge in [-0.15, -0.1) is 0 Å². The average molecular weight is 1510 g/mol. The number of phosphoric acid groups is 2. The molecular formula is C84H164O17P2. The minimum Gasteiger partial charge on any atom is -0.462 e. The molecule has 0 aromatic heterocycles. The molecule has 0 saturated carbocycles. The minimum atomic E-state index is -4.96. The first-order valence-electron chi connectivity index (χ1n) is 43.5. The van der Waals surface area contributed by atoms with Gasteiger partial charge in [0.1, 0.15) is 19.3 Å². The third kappa shape index (κ3) is 78.0. The Labute approximate surface area is 632 Å². The highest BCUT2D eigenvalue weighted by atomic mass is 31.2. The molecule has 0 bridgehead atoms. The van der Waals surface area contributed by atoms with Crippen molar-refractivity contribution in [2.24, 2.45) is 11.8 Å². The van der Waals surface area contributed by atoms with Crippen LogP contribution in [0.3, 0.4) is 0 Å². The maximum absolute atomic E-state index is 13.1. The van der Waals surface area contributed by atoms with Crippen molar-refractivity contribution in [3.05, 3.63) is 0 Å². The van der Waals surface area contributed by atoms with Gasteiger partial charge in [-0.3, -0.25) is 37.3 Å². The number of phosphoric ester groups is 2. The number of carbonyl (C=O) groups excluding carboxylic acids is 4. The fraction of sp³-hybridized carbons (Fsp3) is 0.952. The van der Waals surface area contributed by atoms with Crippen LogP contribution in [0.1, 0.15) is 446 Å². The van der Waals surface area contributed by atoms with Gasteiger partial charge < -0.3 is 33.8 Å². The van der Waals surface area contributed by atoms with Crippen molar-refractivity contribution in [2.45, 2.75) is 464 Å². The number of ether oxygens (including phenoxy) is 4. The highest BCUT2D eigenvalue weighted by Crippen LogP contribution is 2.45. The molecule has 19 heteroatoms. The van der Waals surface area contributed by atoms with E-state index in [1.165, 1.54) is 263 Å². The average Bonchev–Trinajstić information content (AvgIpc) is 0.931. The number of hydrogen-bond donors (Lipinski definition) is 3. The molecule has 0 saturated heterocycles. The molecule has 2 unspecified atom stereocenters. The van der Waals surface area contributed by atoms with Gasteiger partial charge in [0.15, 0.2) is 12.2 Å². The second kappa shape index (κ2) is 75.5. The van der Waals surface area contributed by atoms with E-state index in [0.717, 1.165) is 102 Å². The molecule has 17 nitrogen and oxygen atoms in total. The van der Waals surface area contributed by atoms with E-state index in [9.17, 15) is 43.2 Å². The molecule has 5 atom stereocenters. The first-order chi connectivity index (χ1) is 49.9. The van der Waals surface area contributed by atoms with Crippen LogP contribution in [0, 0.1) is 11.8 Å². The molecule has 0 radical (unpaired) electrons. The number of unbranched alkanes of at least 4 members (excludes halogenated alkanes) is 53. The molecule has 0 rings (SSSR count). The van der Waals surface area contributed by atoms with E-state index in [-0.39, 0.29) is 25.7 Å². The van der Waals surface area contributed by atoms with Gasteiger partial charge in [-0.25, -0.2) is 9.13 Å².